The summed E-state index contributed by atoms with van der Waals surface area (Å²) in [5.41, 5.74) is 0.127. The molecule has 0 bridgehead atoms. The third-order valence-corrected chi connectivity index (χ3v) is 4.29. The zero-order valence-corrected chi connectivity index (χ0v) is 13.5. The van der Waals surface area contributed by atoms with Crippen LogP contribution in [0, 0.1) is 0 Å². The Morgan fingerprint density at radius 2 is 2.17 bits per heavy atom. The predicted octanol–water partition coefficient (Wildman–Crippen LogP) is 2.03. The van der Waals surface area contributed by atoms with E-state index in [4.69, 9.17) is 4.74 Å². The first kappa shape index (κ1) is 16.4. The number of carbonyl (C=O) groups is 1. The molecular formula is C18H20N2O4. The number of hydrogen-bond acceptors (Lipinski definition) is 5. The third kappa shape index (κ3) is 3.10. The van der Waals surface area contributed by atoms with Crippen molar-refractivity contribution in [1.29, 1.82) is 0 Å². The van der Waals surface area contributed by atoms with Gasteiger partial charge in [-0.05, 0) is 25.3 Å². The first-order valence-electron chi connectivity index (χ1n) is 8.13. The lowest BCUT2D eigenvalue weighted by Gasteiger charge is -2.29. The van der Waals surface area contributed by atoms with E-state index in [1.165, 1.54) is 6.20 Å². The first-order valence-corrected chi connectivity index (χ1v) is 8.13. The van der Waals surface area contributed by atoms with Gasteiger partial charge in [0.05, 0.1) is 12.7 Å². The van der Waals surface area contributed by atoms with E-state index in [-0.39, 0.29) is 18.1 Å². The normalized spacial score (nSPS) is 17.8. The largest absolute Gasteiger partial charge is 0.462 e. The van der Waals surface area contributed by atoms with Gasteiger partial charge in [-0.1, -0.05) is 30.3 Å². The molecule has 0 amide bonds. The number of ether oxygens (including phenoxy) is 1. The minimum absolute atomic E-state index is 0.0598. The van der Waals surface area contributed by atoms with Crippen LogP contribution in [-0.4, -0.2) is 27.2 Å². The third-order valence-electron chi connectivity index (χ3n) is 4.29. The number of hydrogen-bond donors (Lipinski definition) is 1. The quantitative estimate of drug-likeness (QED) is 0.869. The first-order chi connectivity index (χ1) is 11.6. The maximum atomic E-state index is 12.2. The molecule has 0 saturated heterocycles. The van der Waals surface area contributed by atoms with Crippen LogP contribution >= 0.6 is 0 Å². The Labute approximate surface area is 139 Å². The Bertz CT molecular complexity index is 785. The number of esters is 1. The fourth-order valence-corrected chi connectivity index (χ4v) is 3.12. The number of fused-ring (bicyclic) bond motifs is 1. The summed E-state index contributed by atoms with van der Waals surface area (Å²) in [7, 11) is 0. The number of benzene rings is 1. The monoisotopic (exact) mass is 328 g/mol. The molecule has 0 fully saturated rings. The summed E-state index contributed by atoms with van der Waals surface area (Å²) < 4.78 is 6.69. The van der Waals surface area contributed by atoms with Crippen molar-refractivity contribution in [3.8, 4) is 0 Å². The number of carbonyl (C=O) groups excluding carboxylic acids is 1. The molecule has 2 atom stereocenters. The molecule has 24 heavy (non-hydrogen) atoms. The Morgan fingerprint density at radius 3 is 2.88 bits per heavy atom. The van der Waals surface area contributed by atoms with Gasteiger partial charge in [0.15, 0.2) is 0 Å². The number of rotatable bonds is 4. The molecule has 1 N–H and O–H groups in total. The molecule has 6 heteroatoms. The second kappa shape index (κ2) is 6.97. The number of aromatic nitrogens is 2. The van der Waals surface area contributed by atoms with Gasteiger partial charge >= 0.3 is 5.97 Å². The van der Waals surface area contributed by atoms with E-state index in [9.17, 15) is 14.7 Å². The Hall–Kier alpha value is -2.47. The highest BCUT2D eigenvalue weighted by Gasteiger charge is 2.30. The van der Waals surface area contributed by atoms with E-state index in [0.717, 1.165) is 18.4 Å². The second-order valence-corrected chi connectivity index (χ2v) is 5.84. The van der Waals surface area contributed by atoms with Crippen LogP contribution in [0.4, 0.5) is 0 Å². The Kier molecular flexibility index (Phi) is 4.76. The molecule has 126 valence electrons. The minimum Gasteiger partial charge on any atom is -0.462 e. The van der Waals surface area contributed by atoms with Gasteiger partial charge < -0.3 is 14.4 Å². The summed E-state index contributed by atoms with van der Waals surface area (Å²) in [6, 6.07) is 9.33. The summed E-state index contributed by atoms with van der Waals surface area (Å²) >= 11 is 0. The zero-order chi connectivity index (χ0) is 17.1. The molecule has 6 nitrogen and oxygen atoms in total. The molecule has 2 aromatic rings. The van der Waals surface area contributed by atoms with E-state index in [0.29, 0.717) is 12.4 Å². The topological polar surface area (TPSA) is 81.4 Å². The summed E-state index contributed by atoms with van der Waals surface area (Å²) in [4.78, 5) is 28.2. The molecule has 1 aromatic heterocycles. The lowest BCUT2D eigenvalue weighted by molar-refractivity contribution is 0.0522. The SMILES string of the molecule is CCOC(=O)c1cn2c(nc1=O)[C@H](C(O)c1ccccc1)CCC2. The molecule has 1 aliphatic heterocycles. The zero-order valence-electron chi connectivity index (χ0n) is 13.5. The van der Waals surface area contributed by atoms with E-state index in [1.54, 1.807) is 11.5 Å². The molecule has 1 unspecified atom stereocenters. The van der Waals surface area contributed by atoms with Crippen molar-refractivity contribution in [2.75, 3.05) is 6.61 Å². The maximum absolute atomic E-state index is 12.2. The molecule has 0 spiro atoms. The number of nitrogens with zero attached hydrogens (tertiary/aromatic N) is 2. The van der Waals surface area contributed by atoms with Crippen LogP contribution in [0.3, 0.4) is 0 Å². The van der Waals surface area contributed by atoms with E-state index in [2.05, 4.69) is 4.98 Å². The van der Waals surface area contributed by atoms with Crippen molar-refractivity contribution < 1.29 is 14.6 Å². The van der Waals surface area contributed by atoms with Crippen molar-refractivity contribution in [1.82, 2.24) is 9.55 Å². The van der Waals surface area contributed by atoms with Crippen molar-refractivity contribution >= 4 is 5.97 Å². The Morgan fingerprint density at radius 1 is 1.42 bits per heavy atom. The van der Waals surface area contributed by atoms with Crippen molar-refractivity contribution in [3.05, 3.63) is 63.8 Å². The highest BCUT2D eigenvalue weighted by molar-refractivity contribution is 5.88. The van der Waals surface area contributed by atoms with Gasteiger partial charge in [-0.2, -0.15) is 4.98 Å². The lowest BCUT2D eigenvalue weighted by Crippen LogP contribution is -2.31. The number of aliphatic hydroxyl groups excluding tert-OH is 1. The van der Waals surface area contributed by atoms with Gasteiger partial charge in [0, 0.05) is 18.7 Å². The molecule has 1 aliphatic rings. The van der Waals surface area contributed by atoms with Gasteiger partial charge in [0.25, 0.3) is 5.56 Å². The Balaban J connectivity index is 1.98. The van der Waals surface area contributed by atoms with Crippen LogP contribution in [0.25, 0.3) is 0 Å². The maximum Gasteiger partial charge on any atom is 0.345 e. The fourth-order valence-electron chi connectivity index (χ4n) is 3.12. The average molecular weight is 328 g/mol. The average Bonchev–Trinajstić information content (AvgIpc) is 2.61. The van der Waals surface area contributed by atoms with Gasteiger partial charge in [-0.15, -0.1) is 0 Å². The van der Waals surface area contributed by atoms with Gasteiger partial charge in [-0.25, -0.2) is 4.79 Å². The number of aryl methyl sites for hydroxylation is 1. The predicted molar refractivity (Wildman–Crippen MR) is 87.8 cm³/mol. The lowest BCUT2D eigenvalue weighted by atomic mass is 9.88. The molecule has 0 radical (unpaired) electrons. The summed E-state index contributed by atoms with van der Waals surface area (Å²) in [5, 5.41) is 10.7. The minimum atomic E-state index is -0.738. The van der Waals surface area contributed by atoms with Crippen molar-refractivity contribution in [2.24, 2.45) is 0 Å². The van der Waals surface area contributed by atoms with Crippen LogP contribution in [0.1, 0.15) is 53.5 Å². The van der Waals surface area contributed by atoms with E-state index < -0.39 is 17.6 Å². The number of aliphatic hydroxyl groups is 1. The smallest absolute Gasteiger partial charge is 0.345 e. The molecule has 3 rings (SSSR count). The molecular weight excluding hydrogens is 308 g/mol. The summed E-state index contributed by atoms with van der Waals surface area (Å²) in [6.07, 6.45) is 2.35. The van der Waals surface area contributed by atoms with Gasteiger partial charge in [-0.3, -0.25) is 4.79 Å². The highest BCUT2D eigenvalue weighted by Crippen LogP contribution is 2.36. The van der Waals surface area contributed by atoms with Crippen LogP contribution in [-0.2, 0) is 11.3 Å². The summed E-state index contributed by atoms with van der Waals surface area (Å²) in [5.74, 6) is -0.406. The molecule has 0 aliphatic carbocycles. The van der Waals surface area contributed by atoms with Crippen molar-refractivity contribution in [3.63, 3.8) is 0 Å². The van der Waals surface area contributed by atoms with Crippen LogP contribution in [0.5, 0.6) is 0 Å². The molecule has 1 aromatic carbocycles. The standard InChI is InChI=1S/C18H20N2O4/c1-2-24-18(23)14-11-20-10-6-9-13(16(20)19-17(14)22)15(21)12-7-4-3-5-8-12/h3-5,7-8,11,13,15,21H,2,6,9-10H2,1H3/t13-,15?/m0/s1. The van der Waals surface area contributed by atoms with E-state index in [1.807, 2.05) is 30.3 Å². The second-order valence-electron chi connectivity index (χ2n) is 5.84. The molecule has 2 heterocycles. The van der Waals surface area contributed by atoms with Crippen LogP contribution < -0.4 is 5.56 Å². The highest BCUT2D eigenvalue weighted by atomic mass is 16.5. The summed E-state index contributed by atoms with van der Waals surface area (Å²) in [6.45, 7) is 2.55. The van der Waals surface area contributed by atoms with Crippen molar-refractivity contribution in [2.45, 2.75) is 38.3 Å². The van der Waals surface area contributed by atoms with Crippen LogP contribution in [0.2, 0.25) is 0 Å². The molecule has 0 saturated carbocycles. The van der Waals surface area contributed by atoms with Gasteiger partial charge in [0.2, 0.25) is 0 Å². The van der Waals surface area contributed by atoms with Crippen LogP contribution in [0.15, 0.2) is 41.3 Å². The fraction of sp³-hybridized carbons (Fsp3) is 0.389. The van der Waals surface area contributed by atoms with E-state index >= 15 is 0 Å². The van der Waals surface area contributed by atoms with Gasteiger partial charge in [0.1, 0.15) is 11.4 Å².